The monoisotopic (exact) mass is 447 g/mol. The number of hydrogen-bond donors (Lipinski definition) is 2. The molecule has 0 fully saturated rings. The van der Waals surface area contributed by atoms with Gasteiger partial charge >= 0.3 is 0 Å². The van der Waals surface area contributed by atoms with Gasteiger partial charge in [0.25, 0.3) is 5.91 Å². The van der Waals surface area contributed by atoms with Crippen molar-refractivity contribution in [2.45, 2.75) is 33.7 Å². The molecule has 0 aliphatic heterocycles. The van der Waals surface area contributed by atoms with Crippen molar-refractivity contribution in [2.75, 3.05) is 6.54 Å². The number of H-pyrrole nitrogens is 1. The molecule has 142 valence electrons. The van der Waals surface area contributed by atoms with Gasteiger partial charge < -0.3 is 14.5 Å². The number of carbonyl (C=O) groups excluding carboxylic acids is 1. The Morgan fingerprint density at radius 2 is 2.11 bits per heavy atom. The van der Waals surface area contributed by atoms with E-state index in [1.54, 1.807) is 0 Å². The molecular weight excluding hydrogens is 426 g/mol. The van der Waals surface area contributed by atoms with E-state index in [1.807, 2.05) is 55.7 Å². The number of aryl methyl sites for hydroxylation is 1. The molecule has 2 N–H and O–H groups in total. The highest BCUT2D eigenvalue weighted by molar-refractivity contribution is 9.10. The molecule has 0 aliphatic carbocycles. The van der Waals surface area contributed by atoms with Gasteiger partial charge in [0, 0.05) is 41.1 Å². The van der Waals surface area contributed by atoms with E-state index in [9.17, 15) is 4.79 Å². The third-order valence-electron chi connectivity index (χ3n) is 4.53. The average molecular weight is 448 g/mol. The highest BCUT2D eigenvalue weighted by atomic mass is 79.9. The van der Waals surface area contributed by atoms with Gasteiger partial charge in [-0.3, -0.25) is 9.89 Å². The second-order valence-electron chi connectivity index (χ2n) is 6.30. The summed E-state index contributed by atoms with van der Waals surface area (Å²) in [5.41, 5.74) is 3.64. The second-order valence-corrected chi connectivity index (χ2v) is 7.60. The normalized spacial score (nSPS) is 11.0. The zero-order chi connectivity index (χ0) is 19.6. The molecule has 2 aromatic heterocycles. The summed E-state index contributed by atoms with van der Waals surface area (Å²) < 4.78 is 5.63. The van der Waals surface area contributed by atoms with Crippen LogP contribution >= 0.6 is 28.1 Å². The Kier molecular flexibility index (Phi) is 5.96. The first-order chi connectivity index (χ1) is 12.9. The van der Waals surface area contributed by atoms with Crippen molar-refractivity contribution in [3.05, 3.63) is 62.4 Å². The number of amides is 1. The molecule has 8 heteroatoms. The second kappa shape index (κ2) is 8.22. The zero-order valence-corrected chi connectivity index (χ0v) is 17.9. The molecule has 27 heavy (non-hydrogen) atoms. The lowest BCUT2D eigenvalue weighted by atomic mass is 10.2. The van der Waals surface area contributed by atoms with E-state index < -0.39 is 0 Å². The number of benzene rings is 1. The van der Waals surface area contributed by atoms with Gasteiger partial charge in [-0.2, -0.15) is 5.10 Å². The Morgan fingerprint density at radius 3 is 2.81 bits per heavy atom. The summed E-state index contributed by atoms with van der Waals surface area (Å²) in [6.45, 7) is 7.24. The first-order valence-corrected chi connectivity index (χ1v) is 9.99. The van der Waals surface area contributed by atoms with E-state index in [-0.39, 0.29) is 5.91 Å². The summed E-state index contributed by atoms with van der Waals surface area (Å²) in [6, 6.07) is 9.96. The minimum absolute atomic E-state index is 0.0819. The van der Waals surface area contributed by atoms with Gasteiger partial charge in [-0.15, -0.1) is 0 Å². The zero-order valence-electron chi connectivity index (χ0n) is 15.5. The van der Waals surface area contributed by atoms with Crippen molar-refractivity contribution in [1.82, 2.24) is 24.6 Å². The van der Waals surface area contributed by atoms with Gasteiger partial charge in [-0.1, -0.05) is 22.0 Å². The highest BCUT2D eigenvalue weighted by Crippen LogP contribution is 2.23. The lowest BCUT2D eigenvalue weighted by Crippen LogP contribution is -2.27. The van der Waals surface area contributed by atoms with Gasteiger partial charge in [0.15, 0.2) is 4.77 Å². The van der Waals surface area contributed by atoms with E-state index in [0.29, 0.717) is 23.3 Å². The number of nitrogens with one attached hydrogen (secondary N) is 2. The number of hydrogen-bond acceptors (Lipinski definition) is 3. The molecule has 0 unspecified atom stereocenters. The topological polar surface area (TPSA) is 67.6 Å². The van der Waals surface area contributed by atoms with Crippen molar-refractivity contribution in [1.29, 1.82) is 0 Å². The van der Waals surface area contributed by atoms with E-state index in [2.05, 4.69) is 36.0 Å². The number of aromatic nitrogens is 4. The van der Waals surface area contributed by atoms with Gasteiger partial charge in [-0.25, -0.2) is 0 Å². The van der Waals surface area contributed by atoms with E-state index in [4.69, 9.17) is 12.2 Å². The van der Waals surface area contributed by atoms with Crippen molar-refractivity contribution in [3.8, 4) is 5.69 Å². The molecule has 1 amide bonds. The minimum Gasteiger partial charge on any atom is -0.352 e. The summed E-state index contributed by atoms with van der Waals surface area (Å²) in [5, 5.41) is 10.0. The third-order valence-corrected chi connectivity index (χ3v) is 5.33. The molecule has 6 nitrogen and oxygen atoms in total. The highest BCUT2D eigenvalue weighted by Gasteiger charge is 2.17. The summed E-state index contributed by atoms with van der Waals surface area (Å²) in [4.78, 5) is 12.7. The van der Waals surface area contributed by atoms with Crippen molar-refractivity contribution in [2.24, 2.45) is 0 Å². The average Bonchev–Trinajstić information content (AvgIpc) is 3.13. The summed E-state index contributed by atoms with van der Waals surface area (Å²) >= 11 is 8.70. The molecule has 0 aliphatic rings. The fourth-order valence-corrected chi connectivity index (χ4v) is 3.92. The Hall–Kier alpha value is -2.19. The molecule has 2 heterocycles. The Balaban J connectivity index is 1.74. The number of halogens is 1. The van der Waals surface area contributed by atoms with Gasteiger partial charge in [0.2, 0.25) is 0 Å². The molecule has 3 aromatic rings. The lowest BCUT2D eigenvalue weighted by Gasteiger charge is -2.10. The first-order valence-electron chi connectivity index (χ1n) is 8.79. The quantitative estimate of drug-likeness (QED) is 0.558. The van der Waals surface area contributed by atoms with Crippen LogP contribution in [0.3, 0.4) is 0 Å². The fraction of sp³-hybridized carbons (Fsp3) is 0.316. The fourth-order valence-electron chi connectivity index (χ4n) is 3.26. The molecule has 1 aromatic carbocycles. The van der Waals surface area contributed by atoms with Crippen LogP contribution in [0.1, 0.15) is 34.5 Å². The van der Waals surface area contributed by atoms with Crippen LogP contribution in [0.5, 0.6) is 0 Å². The molecule has 0 atom stereocenters. The van der Waals surface area contributed by atoms with Crippen molar-refractivity contribution >= 4 is 34.1 Å². The number of carbonyl (C=O) groups is 1. The Morgan fingerprint density at radius 1 is 1.33 bits per heavy atom. The van der Waals surface area contributed by atoms with E-state index in [0.717, 1.165) is 33.9 Å². The predicted molar refractivity (Wildman–Crippen MR) is 112 cm³/mol. The van der Waals surface area contributed by atoms with Gasteiger partial charge in [0.1, 0.15) is 5.82 Å². The molecule has 0 spiro atoms. The van der Waals surface area contributed by atoms with Crippen molar-refractivity contribution < 1.29 is 4.79 Å². The van der Waals surface area contributed by atoms with Crippen LogP contribution in [0.25, 0.3) is 5.69 Å². The molecule has 0 bridgehead atoms. The third kappa shape index (κ3) is 4.06. The van der Waals surface area contributed by atoms with Crippen LogP contribution in [-0.2, 0) is 13.0 Å². The lowest BCUT2D eigenvalue weighted by molar-refractivity contribution is 0.0953. The standard InChI is InChI=1S/C19H22BrN5OS/c1-4-24-17(22-23-19(24)27)8-9-21-18(26)16-10-12(2)25(13(16)3)15-7-5-6-14(20)11-15/h5-7,10-11H,4,8-9H2,1-3H3,(H,21,26)(H,23,27). The summed E-state index contributed by atoms with van der Waals surface area (Å²) in [7, 11) is 0. The van der Waals surface area contributed by atoms with Crippen LogP contribution in [0.2, 0.25) is 0 Å². The van der Waals surface area contributed by atoms with Crippen LogP contribution in [0, 0.1) is 18.6 Å². The molecule has 3 rings (SSSR count). The Labute approximate surface area is 171 Å². The maximum atomic E-state index is 12.7. The van der Waals surface area contributed by atoms with Crippen LogP contribution in [0.15, 0.2) is 34.8 Å². The first kappa shape index (κ1) is 19.6. The molecular formula is C19H22BrN5OS. The van der Waals surface area contributed by atoms with E-state index >= 15 is 0 Å². The van der Waals surface area contributed by atoms with Crippen LogP contribution < -0.4 is 5.32 Å². The summed E-state index contributed by atoms with van der Waals surface area (Å²) in [6.07, 6.45) is 0.622. The number of nitrogens with zero attached hydrogens (tertiary/aromatic N) is 3. The SMILES string of the molecule is CCn1c(CCNC(=O)c2cc(C)n(-c3cccc(Br)c3)c2C)n[nH]c1=S. The molecule has 0 radical (unpaired) electrons. The molecule has 0 saturated carbocycles. The minimum atomic E-state index is -0.0819. The summed E-state index contributed by atoms with van der Waals surface area (Å²) in [5.74, 6) is 0.768. The smallest absolute Gasteiger partial charge is 0.253 e. The van der Waals surface area contributed by atoms with Gasteiger partial charge in [0.05, 0.1) is 5.56 Å². The number of aromatic amines is 1. The predicted octanol–water partition coefficient (Wildman–Crippen LogP) is 4.10. The van der Waals surface area contributed by atoms with Crippen LogP contribution in [-0.4, -0.2) is 31.8 Å². The Bertz CT molecular complexity index is 1030. The largest absolute Gasteiger partial charge is 0.352 e. The van der Waals surface area contributed by atoms with Gasteiger partial charge in [-0.05, 0) is 57.3 Å². The van der Waals surface area contributed by atoms with E-state index in [1.165, 1.54) is 0 Å². The molecule has 0 saturated heterocycles. The van der Waals surface area contributed by atoms with Crippen LogP contribution in [0.4, 0.5) is 0 Å². The maximum absolute atomic E-state index is 12.7. The number of rotatable bonds is 6. The van der Waals surface area contributed by atoms with Crippen molar-refractivity contribution in [3.63, 3.8) is 0 Å². The maximum Gasteiger partial charge on any atom is 0.253 e.